The van der Waals surface area contributed by atoms with Crippen LogP contribution in [0.4, 0.5) is 0 Å². The zero-order chi connectivity index (χ0) is 7.44. The van der Waals surface area contributed by atoms with Gasteiger partial charge in [-0.15, -0.1) is 0 Å². The molecule has 34 valence electrons. The van der Waals surface area contributed by atoms with E-state index in [-0.39, 0.29) is 0 Å². The van der Waals surface area contributed by atoms with Crippen LogP contribution in [0.25, 0.3) is 0 Å². The second kappa shape index (κ2) is 1.40. The Morgan fingerprint density at radius 1 is 1.50 bits per heavy atom. The molecule has 0 fully saturated rings. The van der Waals surface area contributed by atoms with E-state index in [1.165, 1.54) is 5.73 Å². The molecule has 4 N–H and O–H groups in total. The standard InChI is InChI=1S/C2H4N2O2/c3-1(5)2(4)6/h(H2,3,5)(H2,4,6)/i/hD3. The van der Waals surface area contributed by atoms with Crippen molar-refractivity contribution in [2.75, 3.05) is 0 Å². The molecule has 0 spiro atoms. The number of primary amides is 2. The van der Waals surface area contributed by atoms with E-state index in [0.29, 0.717) is 0 Å². The molecule has 0 saturated heterocycles. The van der Waals surface area contributed by atoms with E-state index in [0.717, 1.165) is 0 Å². The maximum atomic E-state index is 10.1. The van der Waals surface area contributed by atoms with Gasteiger partial charge < -0.3 is 11.4 Å². The van der Waals surface area contributed by atoms with Crippen molar-refractivity contribution < 1.29 is 13.8 Å². The molecular weight excluding hydrogens is 84.0 g/mol. The van der Waals surface area contributed by atoms with Gasteiger partial charge in [-0.3, -0.25) is 9.59 Å². The van der Waals surface area contributed by atoms with E-state index in [2.05, 4.69) is 0 Å². The van der Waals surface area contributed by atoms with E-state index in [1.54, 1.807) is 0 Å². The number of carbonyl (C=O) groups excluding carboxylic acids is 2. The van der Waals surface area contributed by atoms with Gasteiger partial charge >= 0.3 is 11.8 Å². The Morgan fingerprint density at radius 2 is 2.17 bits per heavy atom. The molecule has 0 bridgehead atoms. The van der Waals surface area contributed by atoms with E-state index < -0.39 is 17.5 Å². The van der Waals surface area contributed by atoms with Crippen LogP contribution in [0.5, 0.6) is 0 Å². The summed E-state index contributed by atoms with van der Waals surface area (Å²) < 4.78 is 18.6. The zero-order valence-corrected chi connectivity index (χ0v) is 2.76. The molecule has 0 aliphatic rings. The average Bonchev–Trinajstić information content (AvgIpc) is 1.84. The third kappa shape index (κ3) is 1.28. The molecule has 2 amide bonds. The van der Waals surface area contributed by atoms with Gasteiger partial charge in [-0.25, -0.2) is 0 Å². The minimum Gasteiger partial charge on any atom is -0.361 e. The van der Waals surface area contributed by atoms with Crippen LogP contribution in [0.1, 0.15) is 0 Å². The molecule has 6 heavy (non-hydrogen) atoms. The fraction of sp³-hybridized carbons (Fsp3) is 0. The van der Waals surface area contributed by atoms with Crippen molar-refractivity contribution in [3.63, 3.8) is 0 Å². The largest absolute Gasteiger partial charge is 0.361 e. The number of carbonyl (C=O) groups is 2. The first-order valence-electron chi connectivity index (χ1n) is 2.53. The molecule has 0 aliphatic heterocycles. The highest BCUT2D eigenvalue weighted by atomic mass is 16.2. The molecule has 0 atom stereocenters. The van der Waals surface area contributed by atoms with Crippen LogP contribution in [-0.4, -0.2) is 11.8 Å². The summed E-state index contributed by atoms with van der Waals surface area (Å²) in [6.45, 7) is 0. The molecule has 4 heteroatoms. The Morgan fingerprint density at radius 3 is 2.33 bits per heavy atom. The minimum absolute atomic E-state index is 0.399. The summed E-state index contributed by atoms with van der Waals surface area (Å²) in [6.07, 6.45) is 0. The van der Waals surface area contributed by atoms with Gasteiger partial charge in [-0.2, -0.15) is 0 Å². The number of hydrogen-bond donors (Lipinski definition) is 2. The molecule has 0 aliphatic carbocycles. The minimum atomic E-state index is -1.38. The SMILES string of the molecule is [2H]NC(=O)C(=O)N([2H])[2H]. The van der Waals surface area contributed by atoms with Crippen molar-refractivity contribution in [2.45, 2.75) is 0 Å². The summed E-state index contributed by atoms with van der Waals surface area (Å²) in [7, 11) is 0. The first kappa shape index (κ1) is 1.59. The second-order valence-corrected chi connectivity index (χ2v) is 0.634. The highest BCUT2D eigenvalue weighted by molar-refractivity contribution is 6.33. The summed E-state index contributed by atoms with van der Waals surface area (Å²) in [5, 5.41) is 0. The number of nitrogens with two attached hydrogens (primary N) is 2. The number of hydrogen-bond acceptors (Lipinski definition) is 2. The van der Waals surface area contributed by atoms with Crippen molar-refractivity contribution in [1.29, 1.82) is 0 Å². The molecule has 0 heterocycles. The summed E-state index contributed by atoms with van der Waals surface area (Å²) in [5.41, 5.74) is 0.827. The molecule has 0 saturated carbocycles. The van der Waals surface area contributed by atoms with Gasteiger partial charge in [0, 0.05) is 0 Å². The molecule has 4 nitrogen and oxygen atoms in total. The van der Waals surface area contributed by atoms with Gasteiger partial charge in [0.1, 0.15) is 0 Å². The van der Waals surface area contributed by atoms with Crippen LogP contribution in [0, 0.1) is 0 Å². The Hall–Kier alpha value is -1.06. The van der Waals surface area contributed by atoms with E-state index in [9.17, 15) is 9.59 Å². The molecular formula is C2H4N2O2. The summed E-state index contributed by atoms with van der Waals surface area (Å²) >= 11 is 0. The van der Waals surface area contributed by atoms with Gasteiger partial charge in [0.25, 0.3) is 0 Å². The van der Waals surface area contributed by atoms with Crippen LogP contribution < -0.4 is 11.4 Å². The fourth-order valence-electron chi connectivity index (χ4n) is 0. The van der Waals surface area contributed by atoms with Gasteiger partial charge in [-0.1, -0.05) is 0 Å². The van der Waals surface area contributed by atoms with Gasteiger partial charge in [0.05, 0.1) is 0 Å². The molecule has 0 radical (unpaired) electrons. The fourth-order valence-corrected chi connectivity index (χ4v) is 0. The van der Waals surface area contributed by atoms with Crippen molar-refractivity contribution in [2.24, 2.45) is 11.4 Å². The summed E-state index contributed by atoms with van der Waals surface area (Å²) in [5.74, 6) is -2.68. The zero-order valence-electron chi connectivity index (χ0n) is 5.76. The third-order valence-corrected chi connectivity index (χ3v) is 0.194. The van der Waals surface area contributed by atoms with Crippen molar-refractivity contribution in [1.82, 2.24) is 0 Å². The quantitative estimate of drug-likeness (QED) is 0.336. The Labute approximate surface area is 38.5 Å². The molecule has 0 aromatic carbocycles. The lowest BCUT2D eigenvalue weighted by molar-refractivity contribution is -0.135. The molecule has 0 aromatic heterocycles. The second-order valence-electron chi connectivity index (χ2n) is 0.634. The van der Waals surface area contributed by atoms with Crippen LogP contribution in [0.3, 0.4) is 0 Å². The summed E-state index contributed by atoms with van der Waals surface area (Å²) in [6, 6.07) is 0. The maximum absolute atomic E-state index is 10.1. The Balaban J connectivity index is 3.89. The molecule has 0 unspecified atom stereocenters. The van der Waals surface area contributed by atoms with Crippen molar-refractivity contribution in [3.8, 4) is 0 Å². The topological polar surface area (TPSA) is 86.2 Å². The Kier molecular flexibility index (Phi) is 0.370. The smallest absolute Gasteiger partial charge is 0.306 e. The monoisotopic (exact) mass is 91.0 g/mol. The highest BCUT2D eigenvalue weighted by Gasteiger charge is 1.96. The average molecular weight is 91.1 g/mol. The lowest BCUT2D eigenvalue weighted by atomic mass is 10.6. The summed E-state index contributed by atoms with van der Waals surface area (Å²) in [4.78, 5) is 20.1. The normalized spacial score (nSPS) is 13.0. The predicted molar refractivity (Wildman–Crippen MR) is 18.4 cm³/mol. The first-order chi connectivity index (χ1) is 4.09. The van der Waals surface area contributed by atoms with Crippen LogP contribution in [0.2, 0.25) is 4.24 Å². The van der Waals surface area contributed by atoms with Gasteiger partial charge in [0.15, 0.2) is 4.24 Å². The highest BCUT2D eigenvalue weighted by Crippen LogP contribution is 1.44. The third-order valence-electron chi connectivity index (χ3n) is 0.194. The van der Waals surface area contributed by atoms with Crippen molar-refractivity contribution >= 4 is 11.8 Å². The predicted octanol–water partition coefficient (Wildman–Crippen LogP) is -2.04. The maximum Gasteiger partial charge on any atom is 0.306 e. The lowest BCUT2D eigenvalue weighted by Crippen LogP contribution is -2.29. The molecule has 0 aromatic rings. The van der Waals surface area contributed by atoms with Crippen LogP contribution in [-0.2, 0) is 9.59 Å². The van der Waals surface area contributed by atoms with E-state index >= 15 is 0 Å². The molecule has 0 rings (SSSR count). The Bertz CT molecular complexity index is 136. The number of amides is 2. The van der Waals surface area contributed by atoms with E-state index in [4.69, 9.17) is 4.24 Å². The van der Waals surface area contributed by atoms with Gasteiger partial charge in [0.2, 0.25) is 0 Å². The number of rotatable bonds is 0. The van der Waals surface area contributed by atoms with Crippen molar-refractivity contribution in [3.05, 3.63) is 0 Å². The lowest BCUT2D eigenvalue weighted by Gasteiger charge is -1.75. The van der Waals surface area contributed by atoms with Gasteiger partial charge in [-0.05, 0) is 0 Å². The van der Waals surface area contributed by atoms with Crippen LogP contribution >= 0.6 is 0 Å². The first-order valence-corrected chi connectivity index (χ1v) is 1.13. The van der Waals surface area contributed by atoms with E-state index in [1.807, 2.05) is 0 Å². The van der Waals surface area contributed by atoms with Crippen LogP contribution in [0.15, 0.2) is 0 Å².